The Bertz CT molecular complexity index is 517. The van der Waals surface area contributed by atoms with E-state index in [4.69, 9.17) is 4.74 Å². The van der Waals surface area contributed by atoms with Crippen molar-refractivity contribution < 1.29 is 4.74 Å². The van der Waals surface area contributed by atoms with E-state index in [1.165, 1.54) is 61.8 Å². The molecule has 3 rings (SSSR count). The van der Waals surface area contributed by atoms with E-state index in [1.807, 2.05) is 0 Å². The first-order valence-corrected chi connectivity index (χ1v) is 9.33. The molecule has 1 unspecified atom stereocenters. The second-order valence-corrected chi connectivity index (χ2v) is 8.17. The third-order valence-corrected chi connectivity index (χ3v) is 5.92. The summed E-state index contributed by atoms with van der Waals surface area (Å²) in [7, 11) is 0. The van der Waals surface area contributed by atoms with Crippen molar-refractivity contribution in [3.8, 4) is 5.75 Å². The van der Waals surface area contributed by atoms with E-state index < -0.39 is 0 Å². The van der Waals surface area contributed by atoms with Crippen LogP contribution < -0.4 is 4.74 Å². The first kappa shape index (κ1) is 15.9. The maximum atomic E-state index is 6.47. The zero-order valence-corrected chi connectivity index (χ0v) is 14.8. The number of hydrogen-bond acceptors (Lipinski definition) is 1. The van der Waals surface area contributed by atoms with Gasteiger partial charge < -0.3 is 4.74 Å². The molecule has 1 aromatic rings. The van der Waals surface area contributed by atoms with Crippen LogP contribution in [0.25, 0.3) is 0 Å². The summed E-state index contributed by atoms with van der Waals surface area (Å²) in [5.74, 6) is 3.41. The fraction of sp³-hybridized carbons (Fsp3) is 0.714. The van der Waals surface area contributed by atoms with Crippen molar-refractivity contribution >= 4 is 0 Å². The number of aryl methyl sites for hydroxylation is 1. The van der Waals surface area contributed by atoms with E-state index in [0.717, 1.165) is 5.92 Å². The van der Waals surface area contributed by atoms with Crippen LogP contribution in [0.3, 0.4) is 0 Å². The van der Waals surface area contributed by atoms with Crippen molar-refractivity contribution in [2.24, 2.45) is 11.8 Å². The molecule has 2 aliphatic rings. The number of ether oxygens (including phenoxy) is 1. The average Bonchev–Trinajstić information content (AvgIpc) is 2.46. The molecule has 1 saturated carbocycles. The van der Waals surface area contributed by atoms with Gasteiger partial charge in [-0.05, 0) is 68.6 Å². The van der Waals surface area contributed by atoms with Gasteiger partial charge in [0.25, 0.3) is 0 Å². The van der Waals surface area contributed by atoms with E-state index in [0.29, 0.717) is 11.8 Å². The third-order valence-electron chi connectivity index (χ3n) is 5.92. The Labute approximate surface area is 136 Å². The number of rotatable bonds is 4. The molecule has 122 valence electrons. The Morgan fingerprint density at radius 3 is 2.77 bits per heavy atom. The van der Waals surface area contributed by atoms with Crippen LogP contribution in [0.2, 0.25) is 0 Å². The van der Waals surface area contributed by atoms with Crippen LogP contribution in [-0.2, 0) is 6.42 Å². The SMILES string of the molecule is CCCCCc1ccc2c(c1)OC(C)(C)[C@@H]1CCC(C)C[C@@H]21. The van der Waals surface area contributed by atoms with Crippen molar-refractivity contribution in [1.82, 2.24) is 0 Å². The van der Waals surface area contributed by atoms with Crippen molar-refractivity contribution in [1.29, 1.82) is 0 Å². The van der Waals surface area contributed by atoms with E-state index in [-0.39, 0.29) is 5.60 Å². The molecule has 1 aromatic carbocycles. The molecule has 1 nitrogen and oxygen atoms in total. The molecule has 0 radical (unpaired) electrons. The summed E-state index contributed by atoms with van der Waals surface area (Å²) in [6.07, 6.45) is 9.10. The van der Waals surface area contributed by atoms with Gasteiger partial charge in [0.05, 0.1) is 0 Å². The first-order valence-electron chi connectivity index (χ1n) is 9.33. The van der Waals surface area contributed by atoms with Crippen LogP contribution in [-0.4, -0.2) is 5.60 Å². The Balaban J connectivity index is 1.86. The zero-order chi connectivity index (χ0) is 15.7. The fourth-order valence-corrected chi connectivity index (χ4v) is 4.62. The standard InChI is InChI=1S/C21H32O/c1-5-6-7-8-16-10-11-17-18-13-15(2)9-12-19(18)21(3,4)22-20(17)14-16/h10-11,14-15,18-19H,5-9,12-13H2,1-4H3/t15?,18-,19+/m0/s1. The molecule has 0 spiro atoms. The highest BCUT2D eigenvalue weighted by atomic mass is 16.5. The molecule has 1 heterocycles. The number of hydrogen-bond donors (Lipinski definition) is 0. The minimum absolute atomic E-state index is 0.0140. The Kier molecular flexibility index (Phi) is 4.52. The largest absolute Gasteiger partial charge is 0.487 e. The molecule has 0 N–H and O–H groups in total. The molecule has 3 atom stereocenters. The highest BCUT2D eigenvalue weighted by molar-refractivity contribution is 5.43. The van der Waals surface area contributed by atoms with Gasteiger partial charge in [-0.25, -0.2) is 0 Å². The third kappa shape index (κ3) is 3.05. The van der Waals surface area contributed by atoms with Crippen molar-refractivity contribution in [3.05, 3.63) is 29.3 Å². The van der Waals surface area contributed by atoms with Crippen LogP contribution in [0.4, 0.5) is 0 Å². The summed E-state index contributed by atoms with van der Waals surface area (Å²) < 4.78 is 6.47. The molecule has 0 saturated heterocycles. The van der Waals surface area contributed by atoms with Crippen LogP contribution in [0.15, 0.2) is 18.2 Å². The molecular weight excluding hydrogens is 268 g/mol. The second kappa shape index (κ2) is 6.26. The van der Waals surface area contributed by atoms with Gasteiger partial charge in [-0.2, -0.15) is 0 Å². The lowest BCUT2D eigenvalue weighted by atomic mass is 9.64. The summed E-state index contributed by atoms with van der Waals surface area (Å²) in [4.78, 5) is 0. The van der Waals surface area contributed by atoms with Crippen molar-refractivity contribution in [3.63, 3.8) is 0 Å². The van der Waals surface area contributed by atoms with Gasteiger partial charge in [-0.1, -0.05) is 45.2 Å². The van der Waals surface area contributed by atoms with Crippen LogP contribution >= 0.6 is 0 Å². The smallest absolute Gasteiger partial charge is 0.123 e. The summed E-state index contributed by atoms with van der Waals surface area (Å²) in [6, 6.07) is 7.07. The predicted molar refractivity (Wildman–Crippen MR) is 93.6 cm³/mol. The minimum atomic E-state index is -0.0140. The van der Waals surface area contributed by atoms with Crippen molar-refractivity contribution in [2.45, 2.75) is 84.2 Å². The van der Waals surface area contributed by atoms with Gasteiger partial charge in [0, 0.05) is 5.92 Å². The zero-order valence-electron chi connectivity index (χ0n) is 14.8. The lowest BCUT2D eigenvalue weighted by molar-refractivity contribution is -0.0136. The highest BCUT2D eigenvalue weighted by Crippen LogP contribution is 2.52. The summed E-state index contributed by atoms with van der Waals surface area (Å²) in [6.45, 7) is 9.28. The minimum Gasteiger partial charge on any atom is -0.487 e. The van der Waals surface area contributed by atoms with E-state index in [2.05, 4.69) is 45.9 Å². The molecule has 1 heteroatoms. The van der Waals surface area contributed by atoms with Gasteiger partial charge in [-0.15, -0.1) is 0 Å². The number of unbranched alkanes of at least 4 members (excludes halogenated alkanes) is 2. The second-order valence-electron chi connectivity index (χ2n) is 8.17. The maximum Gasteiger partial charge on any atom is 0.123 e. The van der Waals surface area contributed by atoms with Gasteiger partial charge in [-0.3, -0.25) is 0 Å². The molecule has 0 aromatic heterocycles. The number of benzene rings is 1. The summed E-state index contributed by atoms with van der Waals surface area (Å²) in [5.41, 5.74) is 2.92. The molecule has 0 bridgehead atoms. The topological polar surface area (TPSA) is 9.23 Å². The van der Waals surface area contributed by atoms with Gasteiger partial charge in [0.15, 0.2) is 0 Å². The van der Waals surface area contributed by atoms with E-state index in [9.17, 15) is 0 Å². The molecule has 0 amide bonds. The highest BCUT2D eigenvalue weighted by Gasteiger charge is 2.45. The Morgan fingerprint density at radius 1 is 1.18 bits per heavy atom. The predicted octanol–water partition coefficient (Wildman–Crippen LogP) is 6.11. The molecule has 22 heavy (non-hydrogen) atoms. The first-order chi connectivity index (χ1) is 10.5. The van der Waals surface area contributed by atoms with Crippen LogP contribution in [0.5, 0.6) is 5.75 Å². The number of fused-ring (bicyclic) bond motifs is 3. The van der Waals surface area contributed by atoms with Gasteiger partial charge in [0.2, 0.25) is 0 Å². The van der Waals surface area contributed by atoms with Crippen molar-refractivity contribution in [2.75, 3.05) is 0 Å². The van der Waals surface area contributed by atoms with Crippen LogP contribution in [0, 0.1) is 11.8 Å². The van der Waals surface area contributed by atoms with Crippen LogP contribution in [0.1, 0.15) is 83.3 Å². The van der Waals surface area contributed by atoms with E-state index >= 15 is 0 Å². The summed E-state index contributed by atoms with van der Waals surface area (Å²) in [5, 5.41) is 0. The molecular formula is C21H32O. The van der Waals surface area contributed by atoms with Gasteiger partial charge >= 0.3 is 0 Å². The van der Waals surface area contributed by atoms with E-state index in [1.54, 1.807) is 0 Å². The molecule has 1 aliphatic heterocycles. The molecule has 1 fully saturated rings. The van der Waals surface area contributed by atoms with Gasteiger partial charge in [0.1, 0.15) is 11.4 Å². The monoisotopic (exact) mass is 300 g/mol. The average molecular weight is 300 g/mol. The fourth-order valence-electron chi connectivity index (χ4n) is 4.62. The lowest BCUT2D eigenvalue weighted by Crippen LogP contribution is -2.46. The normalized spacial score (nSPS) is 29.4. The Morgan fingerprint density at radius 2 is 2.00 bits per heavy atom. The lowest BCUT2D eigenvalue weighted by Gasteiger charge is -2.48. The quantitative estimate of drug-likeness (QED) is 0.609. The summed E-state index contributed by atoms with van der Waals surface area (Å²) >= 11 is 0. The molecule has 1 aliphatic carbocycles. The maximum absolute atomic E-state index is 6.47. The Hall–Kier alpha value is -0.980.